The number of rotatable bonds is 37. The summed E-state index contributed by atoms with van der Waals surface area (Å²) in [5.41, 5.74) is 0. The van der Waals surface area contributed by atoms with Gasteiger partial charge in [-0.05, 0) is 70.6 Å². The van der Waals surface area contributed by atoms with E-state index >= 15 is 0 Å². The Morgan fingerprint density at radius 3 is 1.24 bits per heavy atom. The lowest BCUT2D eigenvalue weighted by atomic mass is 10.1. The fraction of sp³-hybridized carbons (Fsp3) is 0.795. The van der Waals surface area contributed by atoms with Crippen molar-refractivity contribution in [3.05, 3.63) is 48.6 Å². The van der Waals surface area contributed by atoms with Crippen molar-refractivity contribution in [2.45, 2.75) is 218 Å². The lowest BCUT2D eigenvalue weighted by molar-refractivity contribution is -0.131. The van der Waals surface area contributed by atoms with E-state index in [2.05, 4.69) is 55.6 Å². The Hall–Kier alpha value is -1.69. The fourth-order valence-electron chi connectivity index (χ4n) is 6.03. The third-order valence-corrected chi connectivity index (χ3v) is 9.37. The molecule has 5 nitrogen and oxygen atoms in total. The number of amides is 1. The van der Waals surface area contributed by atoms with Crippen LogP contribution in [0.25, 0.3) is 0 Å². The van der Waals surface area contributed by atoms with Crippen LogP contribution in [0.4, 0.5) is 0 Å². The second-order valence-corrected chi connectivity index (χ2v) is 14.2. The molecule has 0 saturated heterocycles. The SMILES string of the molecule is CCCCCCCCCC/C=C/CC/C=C/CC/C=C/C(O)C(CO)NC(=O)C(O)CCCCCC/C=C\CCCCCCCCCCC. The summed E-state index contributed by atoms with van der Waals surface area (Å²) in [5.74, 6) is -0.527. The van der Waals surface area contributed by atoms with E-state index < -0.39 is 24.2 Å². The smallest absolute Gasteiger partial charge is 0.249 e. The van der Waals surface area contributed by atoms with Crippen LogP contribution in [0.15, 0.2) is 48.6 Å². The minimum absolute atomic E-state index is 0.386. The van der Waals surface area contributed by atoms with Crippen LogP contribution < -0.4 is 5.32 Å². The fourth-order valence-corrected chi connectivity index (χ4v) is 6.03. The zero-order chi connectivity index (χ0) is 35.9. The molecule has 5 heteroatoms. The van der Waals surface area contributed by atoms with Crippen LogP contribution in [0.5, 0.6) is 0 Å². The van der Waals surface area contributed by atoms with Gasteiger partial charge in [-0.15, -0.1) is 0 Å². The van der Waals surface area contributed by atoms with E-state index in [1.54, 1.807) is 6.08 Å². The first kappa shape index (κ1) is 47.3. The summed E-state index contributed by atoms with van der Waals surface area (Å²) in [6.45, 7) is 4.15. The van der Waals surface area contributed by atoms with E-state index in [0.29, 0.717) is 6.42 Å². The molecule has 0 aromatic heterocycles. The maximum absolute atomic E-state index is 12.4. The molecule has 0 aromatic rings. The van der Waals surface area contributed by atoms with Gasteiger partial charge in [-0.25, -0.2) is 0 Å². The number of aliphatic hydroxyl groups is 3. The molecule has 0 radical (unpaired) electrons. The van der Waals surface area contributed by atoms with Crippen LogP contribution in [-0.2, 0) is 4.79 Å². The first-order valence-electron chi connectivity index (χ1n) is 21.0. The molecular formula is C44H81NO4. The van der Waals surface area contributed by atoms with Crippen molar-refractivity contribution in [3.63, 3.8) is 0 Å². The molecule has 0 spiro atoms. The Bertz CT molecular complexity index is 805. The predicted molar refractivity (Wildman–Crippen MR) is 213 cm³/mol. The van der Waals surface area contributed by atoms with Crippen molar-refractivity contribution < 1.29 is 20.1 Å². The van der Waals surface area contributed by atoms with Crippen LogP contribution in [0.1, 0.15) is 200 Å². The van der Waals surface area contributed by atoms with Gasteiger partial charge >= 0.3 is 0 Å². The molecule has 0 aliphatic carbocycles. The minimum atomic E-state index is -1.12. The Morgan fingerprint density at radius 1 is 0.490 bits per heavy atom. The average molecular weight is 688 g/mol. The van der Waals surface area contributed by atoms with Gasteiger partial charge in [0.05, 0.1) is 18.8 Å². The maximum Gasteiger partial charge on any atom is 0.249 e. The quantitative estimate of drug-likeness (QED) is 0.0386. The molecule has 3 atom stereocenters. The summed E-state index contributed by atoms with van der Waals surface area (Å²) in [7, 11) is 0. The van der Waals surface area contributed by atoms with Gasteiger partial charge < -0.3 is 20.6 Å². The molecule has 0 aliphatic heterocycles. The molecule has 286 valence electrons. The molecule has 4 N–H and O–H groups in total. The molecule has 49 heavy (non-hydrogen) atoms. The molecule has 3 unspecified atom stereocenters. The lowest BCUT2D eigenvalue weighted by Crippen LogP contribution is -2.48. The summed E-state index contributed by atoms with van der Waals surface area (Å²) in [5, 5.41) is 33.0. The molecule has 0 heterocycles. The molecule has 1 amide bonds. The van der Waals surface area contributed by atoms with Crippen LogP contribution in [0.3, 0.4) is 0 Å². The monoisotopic (exact) mass is 688 g/mol. The molecule has 0 aromatic carbocycles. The van der Waals surface area contributed by atoms with Gasteiger partial charge in [-0.1, -0.05) is 178 Å². The lowest BCUT2D eigenvalue weighted by Gasteiger charge is -2.21. The normalized spacial score (nSPS) is 14.1. The molecule has 0 aliphatic rings. The number of hydrogen-bond acceptors (Lipinski definition) is 4. The number of allylic oxidation sites excluding steroid dienone is 7. The van der Waals surface area contributed by atoms with Gasteiger partial charge in [0.15, 0.2) is 0 Å². The van der Waals surface area contributed by atoms with Crippen molar-refractivity contribution >= 4 is 5.91 Å². The average Bonchev–Trinajstić information content (AvgIpc) is 3.11. The van der Waals surface area contributed by atoms with Gasteiger partial charge in [0.2, 0.25) is 5.91 Å². The van der Waals surface area contributed by atoms with Crippen LogP contribution in [0.2, 0.25) is 0 Å². The van der Waals surface area contributed by atoms with E-state index in [-0.39, 0.29) is 6.61 Å². The summed E-state index contributed by atoms with van der Waals surface area (Å²) >= 11 is 0. The van der Waals surface area contributed by atoms with Gasteiger partial charge in [-0.3, -0.25) is 4.79 Å². The van der Waals surface area contributed by atoms with E-state index in [1.165, 1.54) is 122 Å². The standard InChI is InChI=1S/C44H81NO4/c1-3-5-7-9-11-13-15-17-19-21-23-24-26-28-30-32-34-36-38-42(47)41(40-46)45-44(49)43(48)39-37-35-33-31-29-27-25-22-20-18-16-14-12-10-8-6-4-2/h21,23,25,27-28,30,36,38,41-43,46-48H,3-20,22,24,26,29,31-35,37,39-40H2,1-2H3,(H,45,49)/b23-21+,27-25-,30-28+,38-36+. The van der Waals surface area contributed by atoms with Crippen molar-refractivity contribution in [2.75, 3.05) is 6.61 Å². The van der Waals surface area contributed by atoms with Crippen LogP contribution in [0, 0.1) is 0 Å². The number of hydrogen-bond donors (Lipinski definition) is 4. The largest absolute Gasteiger partial charge is 0.394 e. The predicted octanol–water partition coefficient (Wildman–Crippen LogP) is 11.8. The number of nitrogens with one attached hydrogen (secondary N) is 1. The van der Waals surface area contributed by atoms with Crippen molar-refractivity contribution in [1.29, 1.82) is 0 Å². The Kier molecular flexibility index (Phi) is 37.8. The minimum Gasteiger partial charge on any atom is -0.394 e. The van der Waals surface area contributed by atoms with Crippen molar-refractivity contribution in [3.8, 4) is 0 Å². The first-order valence-corrected chi connectivity index (χ1v) is 21.0. The Morgan fingerprint density at radius 2 is 0.837 bits per heavy atom. The zero-order valence-corrected chi connectivity index (χ0v) is 32.3. The van der Waals surface area contributed by atoms with Crippen molar-refractivity contribution in [1.82, 2.24) is 5.32 Å². The second kappa shape index (κ2) is 39.1. The maximum atomic E-state index is 12.4. The van der Waals surface area contributed by atoms with E-state index in [0.717, 1.165) is 57.8 Å². The van der Waals surface area contributed by atoms with Gasteiger partial charge in [0.1, 0.15) is 6.10 Å². The van der Waals surface area contributed by atoms with E-state index in [4.69, 9.17) is 0 Å². The third-order valence-electron chi connectivity index (χ3n) is 9.37. The van der Waals surface area contributed by atoms with Crippen LogP contribution in [-0.4, -0.2) is 46.1 Å². The highest BCUT2D eigenvalue weighted by Crippen LogP contribution is 2.13. The molecule has 0 rings (SSSR count). The van der Waals surface area contributed by atoms with Gasteiger partial charge in [0, 0.05) is 0 Å². The summed E-state index contributed by atoms with van der Waals surface area (Å²) < 4.78 is 0. The number of aliphatic hydroxyl groups excluding tert-OH is 3. The third kappa shape index (κ3) is 34.5. The highest BCUT2D eigenvalue weighted by atomic mass is 16.3. The highest BCUT2D eigenvalue weighted by Gasteiger charge is 2.22. The van der Waals surface area contributed by atoms with E-state index in [1.807, 2.05) is 6.08 Å². The zero-order valence-electron chi connectivity index (χ0n) is 32.3. The summed E-state index contributed by atoms with van der Waals surface area (Å²) in [6, 6.07) is -0.825. The van der Waals surface area contributed by atoms with Crippen molar-refractivity contribution in [2.24, 2.45) is 0 Å². The molecular weight excluding hydrogens is 606 g/mol. The number of carbonyl (C=O) groups is 1. The van der Waals surface area contributed by atoms with Gasteiger partial charge in [-0.2, -0.15) is 0 Å². The second-order valence-electron chi connectivity index (χ2n) is 14.2. The molecule has 0 fully saturated rings. The number of carbonyl (C=O) groups excluding carboxylic acids is 1. The topological polar surface area (TPSA) is 89.8 Å². The summed E-state index contributed by atoms with van der Waals surface area (Å²) in [6.07, 6.45) is 49.9. The summed E-state index contributed by atoms with van der Waals surface area (Å²) in [4.78, 5) is 12.4. The van der Waals surface area contributed by atoms with Gasteiger partial charge in [0.25, 0.3) is 0 Å². The van der Waals surface area contributed by atoms with E-state index in [9.17, 15) is 20.1 Å². The first-order chi connectivity index (χ1) is 24.1. The molecule has 0 saturated carbocycles. The number of unbranched alkanes of at least 4 members (excludes halogenated alkanes) is 23. The van der Waals surface area contributed by atoms with Crippen LogP contribution >= 0.6 is 0 Å². The highest BCUT2D eigenvalue weighted by molar-refractivity contribution is 5.80. The Labute approximate surface area is 304 Å². The Balaban J connectivity index is 3.80. The molecule has 0 bridgehead atoms.